The molecule has 3 aliphatic rings. The Balaban J connectivity index is 2.12. The van der Waals surface area contributed by atoms with Crippen LogP contribution in [0.15, 0.2) is 0 Å². The molecule has 3 fully saturated rings. The Bertz CT molecular complexity index is 316. The van der Waals surface area contributed by atoms with Crippen LogP contribution in [0.5, 0.6) is 0 Å². The number of ether oxygens (including phenoxy) is 1. The van der Waals surface area contributed by atoms with Gasteiger partial charge in [0.2, 0.25) is 0 Å². The summed E-state index contributed by atoms with van der Waals surface area (Å²) in [5.41, 5.74) is -0.771. The van der Waals surface area contributed by atoms with E-state index < -0.39 is 11.4 Å². The Morgan fingerprint density at radius 3 is 2.50 bits per heavy atom. The van der Waals surface area contributed by atoms with Gasteiger partial charge in [0.15, 0.2) is 0 Å². The zero-order valence-electron chi connectivity index (χ0n) is 8.67. The van der Waals surface area contributed by atoms with E-state index in [0.29, 0.717) is 5.92 Å². The molecular formula is C11H16O3. The van der Waals surface area contributed by atoms with Crippen LogP contribution in [0.2, 0.25) is 0 Å². The molecule has 0 aromatic heterocycles. The number of epoxide rings is 1. The Kier molecular flexibility index (Phi) is 1.25. The summed E-state index contributed by atoms with van der Waals surface area (Å²) in [4.78, 5) is 11.5. The Morgan fingerprint density at radius 2 is 2.14 bits per heavy atom. The lowest BCUT2D eigenvalue weighted by Crippen LogP contribution is -2.49. The highest BCUT2D eigenvalue weighted by molar-refractivity contribution is 5.78. The van der Waals surface area contributed by atoms with E-state index in [1.807, 2.05) is 0 Å². The predicted octanol–water partition coefficient (Wildman–Crippen LogP) is 1.67. The molecule has 1 heterocycles. The summed E-state index contributed by atoms with van der Waals surface area (Å²) in [6.07, 6.45) is 2.70. The normalized spacial score (nSPS) is 52.6. The molecule has 3 atom stereocenters. The Labute approximate surface area is 83.4 Å². The number of carboxylic acid groups (broad SMARTS) is 1. The van der Waals surface area contributed by atoms with E-state index in [1.165, 1.54) is 0 Å². The highest BCUT2D eigenvalue weighted by Gasteiger charge is 2.78. The summed E-state index contributed by atoms with van der Waals surface area (Å²) in [6, 6.07) is 0. The zero-order chi connectivity index (χ0) is 10.2. The minimum atomic E-state index is -0.614. The largest absolute Gasteiger partial charge is 0.481 e. The molecule has 2 saturated carbocycles. The van der Waals surface area contributed by atoms with Gasteiger partial charge in [-0.1, -0.05) is 13.8 Å². The first-order chi connectivity index (χ1) is 6.46. The second kappa shape index (κ2) is 2.01. The molecule has 1 spiro atoms. The second-order valence-electron chi connectivity index (χ2n) is 5.63. The molecule has 0 radical (unpaired) electrons. The fraction of sp³-hybridized carbons (Fsp3) is 0.909. The van der Waals surface area contributed by atoms with Crippen molar-refractivity contribution in [3.05, 3.63) is 0 Å². The molecule has 2 bridgehead atoms. The molecular weight excluding hydrogens is 180 g/mol. The molecule has 3 nitrogen and oxygen atoms in total. The fourth-order valence-corrected chi connectivity index (χ4v) is 4.06. The van der Waals surface area contributed by atoms with Gasteiger partial charge in [-0.25, -0.2) is 0 Å². The molecule has 14 heavy (non-hydrogen) atoms. The van der Waals surface area contributed by atoms with Gasteiger partial charge in [-0.05, 0) is 25.2 Å². The molecule has 0 aromatic carbocycles. The molecule has 3 heteroatoms. The Hall–Kier alpha value is -0.570. The highest BCUT2D eigenvalue weighted by atomic mass is 16.6. The molecule has 1 aliphatic heterocycles. The van der Waals surface area contributed by atoms with E-state index in [-0.39, 0.29) is 11.0 Å². The highest BCUT2D eigenvalue weighted by Crippen LogP contribution is 2.74. The van der Waals surface area contributed by atoms with Crippen molar-refractivity contribution >= 4 is 5.97 Å². The monoisotopic (exact) mass is 196 g/mol. The number of carbonyl (C=O) groups is 1. The van der Waals surface area contributed by atoms with Gasteiger partial charge in [-0.15, -0.1) is 0 Å². The van der Waals surface area contributed by atoms with Gasteiger partial charge in [0.05, 0.1) is 12.0 Å². The maximum absolute atomic E-state index is 11.5. The number of carboxylic acids is 1. The summed E-state index contributed by atoms with van der Waals surface area (Å²) >= 11 is 0. The number of hydrogen-bond acceptors (Lipinski definition) is 2. The van der Waals surface area contributed by atoms with Crippen molar-refractivity contribution in [3.8, 4) is 0 Å². The quantitative estimate of drug-likeness (QED) is 0.649. The van der Waals surface area contributed by atoms with Crippen molar-refractivity contribution in [1.82, 2.24) is 0 Å². The number of fused-ring (bicyclic) bond motifs is 3. The predicted molar refractivity (Wildman–Crippen MR) is 49.9 cm³/mol. The average molecular weight is 196 g/mol. The van der Waals surface area contributed by atoms with Crippen molar-refractivity contribution in [2.45, 2.75) is 38.7 Å². The Morgan fingerprint density at radius 1 is 1.50 bits per heavy atom. The summed E-state index contributed by atoms with van der Waals surface area (Å²) in [5.74, 6) is -0.119. The van der Waals surface area contributed by atoms with E-state index in [4.69, 9.17) is 4.74 Å². The molecule has 3 rings (SSSR count). The molecule has 0 aromatic rings. The van der Waals surface area contributed by atoms with Crippen molar-refractivity contribution in [2.24, 2.45) is 16.7 Å². The third-order valence-corrected chi connectivity index (χ3v) is 5.29. The van der Waals surface area contributed by atoms with Crippen LogP contribution in [0.25, 0.3) is 0 Å². The lowest BCUT2D eigenvalue weighted by atomic mass is 9.60. The van der Waals surface area contributed by atoms with Crippen LogP contribution in [0.4, 0.5) is 0 Å². The molecule has 78 valence electrons. The third kappa shape index (κ3) is 0.602. The van der Waals surface area contributed by atoms with E-state index in [9.17, 15) is 9.90 Å². The fourth-order valence-electron chi connectivity index (χ4n) is 4.06. The number of hydrogen-bond donors (Lipinski definition) is 1. The van der Waals surface area contributed by atoms with Gasteiger partial charge >= 0.3 is 5.97 Å². The first kappa shape index (κ1) is 8.72. The molecule has 1 saturated heterocycles. The van der Waals surface area contributed by atoms with Gasteiger partial charge in [0, 0.05) is 5.41 Å². The van der Waals surface area contributed by atoms with Crippen molar-refractivity contribution < 1.29 is 14.6 Å². The van der Waals surface area contributed by atoms with Gasteiger partial charge < -0.3 is 9.84 Å². The lowest BCUT2D eigenvalue weighted by Gasteiger charge is -2.42. The van der Waals surface area contributed by atoms with E-state index in [0.717, 1.165) is 25.9 Å². The van der Waals surface area contributed by atoms with Gasteiger partial charge in [0.1, 0.15) is 5.60 Å². The van der Waals surface area contributed by atoms with Crippen molar-refractivity contribution in [2.75, 3.05) is 6.61 Å². The number of aliphatic carboxylic acids is 1. The lowest BCUT2D eigenvalue weighted by molar-refractivity contribution is -0.157. The van der Waals surface area contributed by atoms with Crippen molar-refractivity contribution in [3.63, 3.8) is 0 Å². The molecule has 0 amide bonds. The molecule has 3 unspecified atom stereocenters. The van der Waals surface area contributed by atoms with Gasteiger partial charge in [-0.2, -0.15) is 0 Å². The first-order valence-corrected chi connectivity index (χ1v) is 5.34. The minimum absolute atomic E-state index is 0.0797. The second-order valence-corrected chi connectivity index (χ2v) is 5.63. The van der Waals surface area contributed by atoms with Crippen LogP contribution >= 0.6 is 0 Å². The van der Waals surface area contributed by atoms with Crippen molar-refractivity contribution in [1.29, 1.82) is 0 Å². The maximum atomic E-state index is 11.5. The smallest absolute Gasteiger partial charge is 0.310 e. The van der Waals surface area contributed by atoms with E-state index in [2.05, 4.69) is 13.8 Å². The van der Waals surface area contributed by atoms with Crippen LogP contribution in [-0.4, -0.2) is 23.3 Å². The third-order valence-electron chi connectivity index (χ3n) is 5.29. The van der Waals surface area contributed by atoms with Gasteiger partial charge in [0.25, 0.3) is 0 Å². The SMILES string of the molecule is CC1(C)C2(C(=O)O)CCC(C2)C12CO2. The summed E-state index contributed by atoms with van der Waals surface area (Å²) in [6.45, 7) is 4.93. The van der Waals surface area contributed by atoms with E-state index in [1.54, 1.807) is 0 Å². The molecule has 2 aliphatic carbocycles. The maximum Gasteiger partial charge on any atom is 0.310 e. The van der Waals surface area contributed by atoms with Crippen LogP contribution in [0, 0.1) is 16.7 Å². The van der Waals surface area contributed by atoms with Crippen LogP contribution in [-0.2, 0) is 9.53 Å². The zero-order valence-corrected chi connectivity index (χ0v) is 8.67. The standard InChI is InChI=1S/C11H16O3/c1-9(2)10(8(12)13)4-3-7(5-10)11(9)6-14-11/h7H,3-6H2,1-2H3,(H,12,13). The van der Waals surface area contributed by atoms with E-state index >= 15 is 0 Å². The summed E-state index contributed by atoms with van der Waals surface area (Å²) in [7, 11) is 0. The topological polar surface area (TPSA) is 49.8 Å². The van der Waals surface area contributed by atoms with Crippen LogP contribution < -0.4 is 0 Å². The summed E-state index contributed by atoms with van der Waals surface area (Å²) in [5, 5.41) is 9.43. The van der Waals surface area contributed by atoms with Crippen LogP contribution in [0.3, 0.4) is 0 Å². The molecule has 1 N–H and O–H groups in total. The summed E-state index contributed by atoms with van der Waals surface area (Å²) < 4.78 is 5.62. The van der Waals surface area contributed by atoms with Crippen LogP contribution in [0.1, 0.15) is 33.1 Å². The average Bonchev–Trinajstić information content (AvgIpc) is 2.73. The first-order valence-electron chi connectivity index (χ1n) is 5.34. The minimum Gasteiger partial charge on any atom is -0.481 e. The number of rotatable bonds is 1. The van der Waals surface area contributed by atoms with Gasteiger partial charge in [-0.3, -0.25) is 4.79 Å².